The fourth-order valence-electron chi connectivity index (χ4n) is 3.98. The number of ether oxygens (including phenoxy) is 4. The van der Waals surface area contributed by atoms with Crippen LogP contribution in [-0.4, -0.2) is 32.1 Å². The molecule has 1 atom stereocenters. The first kappa shape index (κ1) is 19.1. The molecule has 0 bridgehead atoms. The van der Waals surface area contributed by atoms with Gasteiger partial charge in [-0.2, -0.15) is 4.57 Å². The largest absolute Gasteiger partial charge is 1.00 e. The molecular weight excluding hydrogens is 398 g/mol. The first-order valence-electron chi connectivity index (χ1n) is 8.85. The Morgan fingerprint density at radius 1 is 1.10 bits per heavy atom. The van der Waals surface area contributed by atoms with E-state index < -0.39 is 12.0 Å². The third-order valence-corrected chi connectivity index (χ3v) is 5.35. The molecule has 2 aromatic carbocycles. The van der Waals surface area contributed by atoms with Crippen LogP contribution in [0.15, 0.2) is 36.5 Å². The lowest BCUT2D eigenvalue weighted by Gasteiger charge is -2.21. The number of fused-ring (bicyclic) bond motifs is 5. The average Bonchev–Trinajstić information content (AvgIpc) is 3.16. The molecule has 0 radical (unpaired) electrons. The van der Waals surface area contributed by atoms with E-state index in [2.05, 4.69) is 0 Å². The van der Waals surface area contributed by atoms with Gasteiger partial charge in [-0.1, -0.05) is 0 Å². The van der Waals surface area contributed by atoms with E-state index in [9.17, 15) is 9.90 Å². The Balaban J connectivity index is 0.00000205. The van der Waals surface area contributed by atoms with Gasteiger partial charge in [0.25, 0.3) is 6.04 Å². The van der Waals surface area contributed by atoms with E-state index in [1.165, 1.54) is 0 Å². The van der Waals surface area contributed by atoms with Gasteiger partial charge in [0.2, 0.25) is 12.5 Å². The van der Waals surface area contributed by atoms with Gasteiger partial charge in [-0.3, -0.25) is 0 Å². The molecule has 7 nitrogen and oxygen atoms in total. The second kappa shape index (κ2) is 7.00. The van der Waals surface area contributed by atoms with Crippen LogP contribution in [-0.2, 0) is 11.2 Å². The molecular formula is C21H18ClNO6. The van der Waals surface area contributed by atoms with Gasteiger partial charge < -0.3 is 36.5 Å². The molecule has 150 valence electrons. The third kappa shape index (κ3) is 2.89. The predicted octanol–water partition coefficient (Wildman–Crippen LogP) is -0.274. The average molecular weight is 416 g/mol. The van der Waals surface area contributed by atoms with Crippen LogP contribution in [0.3, 0.4) is 0 Å². The molecule has 0 saturated heterocycles. The molecule has 29 heavy (non-hydrogen) atoms. The summed E-state index contributed by atoms with van der Waals surface area (Å²) in [5, 5.41) is 11.6. The smallest absolute Gasteiger partial charge is 0.373 e. The van der Waals surface area contributed by atoms with Gasteiger partial charge in [0.15, 0.2) is 17.7 Å². The number of rotatable bonds is 3. The summed E-state index contributed by atoms with van der Waals surface area (Å²) in [6.07, 6.45) is 2.22. The monoisotopic (exact) mass is 415 g/mol. The summed E-state index contributed by atoms with van der Waals surface area (Å²) >= 11 is 0. The zero-order valence-corrected chi connectivity index (χ0v) is 16.5. The van der Waals surface area contributed by atoms with Gasteiger partial charge in [0.1, 0.15) is 11.5 Å². The molecule has 8 heteroatoms. The molecule has 0 spiro atoms. The van der Waals surface area contributed by atoms with Crippen LogP contribution in [0.4, 0.5) is 0 Å². The summed E-state index contributed by atoms with van der Waals surface area (Å²) in [4.78, 5) is 12.0. The number of benzene rings is 2. The number of halogens is 1. The van der Waals surface area contributed by atoms with E-state index in [-0.39, 0.29) is 19.2 Å². The highest BCUT2D eigenvalue weighted by atomic mass is 35.5. The summed E-state index contributed by atoms with van der Waals surface area (Å²) in [7, 11) is 3.19. The number of aromatic nitrogens is 1. The molecule has 0 fully saturated rings. The number of pyridine rings is 1. The number of carbonyl (C=O) groups is 1. The summed E-state index contributed by atoms with van der Waals surface area (Å²) in [5.41, 5.74) is 2.65. The minimum absolute atomic E-state index is 0. The van der Waals surface area contributed by atoms with Crippen molar-refractivity contribution in [2.24, 2.45) is 0 Å². The summed E-state index contributed by atoms with van der Waals surface area (Å²) in [6, 6.07) is 8.74. The normalized spacial score (nSPS) is 15.9. The van der Waals surface area contributed by atoms with Crippen LogP contribution < -0.4 is 35.9 Å². The lowest BCUT2D eigenvalue weighted by Crippen LogP contribution is -3.00. The Morgan fingerprint density at radius 3 is 2.55 bits per heavy atom. The molecule has 0 saturated carbocycles. The van der Waals surface area contributed by atoms with Crippen LogP contribution in [0.5, 0.6) is 23.0 Å². The van der Waals surface area contributed by atoms with Crippen molar-refractivity contribution in [3.63, 3.8) is 0 Å². The number of nitrogens with zero attached hydrogens (tertiary/aromatic N) is 1. The minimum atomic E-state index is -0.885. The number of carboxylic acid groups (broad SMARTS) is 1. The van der Waals surface area contributed by atoms with E-state index in [0.29, 0.717) is 29.4 Å². The van der Waals surface area contributed by atoms with Gasteiger partial charge in [0, 0.05) is 23.9 Å². The van der Waals surface area contributed by atoms with Gasteiger partial charge in [-0.15, -0.1) is 0 Å². The van der Waals surface area contributed by atoms with Crippen molar-refractivity contribution in [1.82, 2.24) is 0 Å². The molecule has 2 aliphatic rings. The van der Waals surface area contributed by atoms with Crippen molar-refractivity contribution in [3.05, 3.63) is 42.1 Å². The third-order valence-electron chi connectivity index (χ3n) is 5.35. The first-order valence-corrected chi connectivity index (χ1v) is 8.85. The van der Waals surface area contributed by atoms with Crippen molar-refractivity contribution in [1.29, 1.82) is 0 Å². The van der Waals surface area contributed by atoms with E-state index in [0.717, 1.165) is 27.6 Å². The second-order valence-electron chi connectivity index (χ2n) is 6.82. The maximum atomic E-state index is 12.0. The van der Waals surface area contributed by atoms with E-state index in [1.807, 2.05) is 36.5 Å². The fourth-order valence-corrected chi connectivity index (χ4v) is 3.98. The van der Waals surface area contributed by atoms with Crippen molar-refractivity contribution in [3.8, 4) is 34.3 Å². The topological polar surface area (TPSA) is 78.1 Å². The quantitative estimate of drug-likeness (QED) is 0.593. The van der Waals surface area contributed by atoms with Crippen LogP contribution in [0.25, 0.3) is 22.0 Å². The van der Waals surface area contributed by atoms with Gasteiger partial charge in [-0.25, -0.2) is 4.79 Å². The first-order chi connectivity index (χ1) is 13.6. The van der Waals surface area contributed by atoms with Crippen molar-refractivity contribution >= 4 is 16.7 Å². The van der Waals surface area contributed by atoms with Crippen LogP contribution in [0.1, 0.15) is 11.6 Å². The van der Waals surface area contributed by atoms with Crippen LogP contribution >= 0.6 is 0 Å². The molecule has 1 N–H and O–H groups in total. The highest BCUT2D eigenvalue weighted by Crippen LogP contribution is 2.42. The Bertz CT molecular complexity index is 1150. The van der Waals surface area contributed by atoms with Gasteiger partial charge in [0.05, 0.1) is 25.2 Å². The maximum absolute atomic E-state index is 12.0. The lowest BCUT2D eigenvalue weighted by atomic mass is 9.91. The van der Waals surface area contributed by atoms with Crippen molar-refractivity contribution in [2.45, 2.75) is 12.5 Å². The number of hydrogen-bond acceptors (Lipinski definition) is 5. The highest BCUT2D eigenvalue weighted by Gasteiger charge is 2.38. The minimum Gasteiger partial charge on any atom is -1.00 e. The highest BCUT2D eigenvalue weighted by molar-refractivity contribution is 5.91. The van der Waals surface area contributed by atoms with E-state index in [1.54, 1.807) is 18.8 Å². The number of carboxylic acids is 1. The molecule has 2 aliphatic heterocycles. The molecule has 5 rings (SSSR count). The van der Waals surface area contributed by atoms with Gasteiger partial charge >= 0.3 is 5.97 Å². The van der Waals surface area contributed by atoms with E-state index >= 15 is 0 Å². The molecule has 0 amide bonds. The zero-order chi connectivity index (χ0) is 19.4. The summed E-state index contributed by atoms with van der Waals surface area (Å²) < 4.78 is 23.7. The van der Waals surface area contributed by atoms with Crippen molar-refractivity contribution < 1.29 is 45.8 Å². The number of hydrogen-bond donors (Lipinski definition) is 1. The Hall–Kier alpha value is -3.19. The standard InChI is InChI=1S/C21H17NO6.ClH/c1-25-13-3-12-9-22-16(7-15(12)18(6-13)26-2)14-8-20-19(27-10-28-20)5-11(14)4-17(22)21(23)24;/h3,5-9,17H,4,10H2,1-2H3;1H. The maximum Gasteiger partial charge on any atom is 0.373 e. The zero-order valence-electron chi connectivity index (χ0n) is 15.8. The SMILES string of the molecule is COc1cc(OC)c2cc3[n+](cc2c1)C(C(=O)O)Cc1cc2c(cc1-3)OCO2.[Cl-]. The van der Waals surface area contributed by atoms with E-state index in [4.69, 9.17) is 18.9 Å². The Morgan fingerprint density at radius 2 is 1.86 bits per heavy atom. The Labute approximate surface area is 172 Å². The molecule has 1 unspecified atom stereocenters. The molecule has 1 aromatic heterocycles. The molecule has 3 aromatic rings. The Kier molecular flexibility index (Phi) is 4.62. The second-order valence-corrected chi connectivity index (χ2v) is 6.82. The lowest BCUT2D eigenvalue weighted by molar-refractivity contribution is -0.700. The van der Waals surface area contributed by atoms with Crippen LogP contribution in [0.2, 0.25) is 0 Å². The van der Waals surface area contributed by atoms with Crippen molar-refractivity contribution in [2.75, 3.05) is 21.0 Å². The summed E-state index contributed by atoms with van der Waals surface area (Å²) in [6.45, 7) is 0.173. The van der Waals surface area contributed by atoms with Gasteiger partial charge in [-0.05, 0) is 23.8 Å². The molecule has 0 aliphatic carbocycles. The van der Waals surface area contributed by atoms with Crippen LogP contribution in [0, 0.1) is 0 Å². The summed E-state index contributed by atoms with van der Waals surface area (Å²) in [5.74, 6) is 1.75. The number of aliphatic carboxylic acids is 1. The fraction of sp³-hybridized carbons (Fsp3) is 0.238. The molecule has 3 heterocycles. The number of methoxy groups -OCH3 is 2. The predicted molar refractivity (Wildman–Crippen MR) is 99.2 cm³/mol.